The Kier molecular flexibility index (Phi) is 3.88. The Morgan fingerprint density at radius 2 is 2.19 bits per heavy atom. The van der Waals surface area contributed by atoms with Crippen molar-refractivity contribution in [2.24, 2.45) is 5.92 Å². The van der Waals surface area contributed by atoms with Crippen molar-refractivity contribution in [3.63, 3.8) is 0 Å². The lowest BCUT2D eigenvalue weighted by Gasteiger charge is -2.02. The summed E-state index contributed by atoms with van der Waals surface area (Å²) in [4.78, 5) is 13.2. The van der Waals surface area contributed by atoms with Gasteiger partial charge in [0, 0.05) is 16.6 Å². The number of nitrogens with one attached hydrogen (secondary N) is 1. The molecule has 1 heterocycles. The van der Waals surface area contributed by atoms with Crippen LogP contribution < -0.4 is 5.32 Å². The van der Waals surface area contributed by atoms with Gasteiger partial charge in [0.1, 0.15) is 6.54 Å². The molecule has 1 fully saturated rings. The third kappa shape index (κ3) is 3.39. The summed E-state index contributed by atoms with van der Waals surface area (Å²) in [5, 5.41) is 15.7. The van der Waals surface area contributed by atoms with Gasteiger partial charge >= 0.3 is 0 Å². The summed E-state index contributed by atoms with van der Waals surface area (Å²) in [6, 6.07) is 7.49. The van der Waals surface area contributed by atoms with Crippen LogP contribution in [0.25, 0.3) is 11.4 Å². The summed E-state index contributed by atoms with van der Waals surface area (Å²) >= 11 is 5.84. The second-order valence-corrected chi connectivity index (χ2v) is 5.66. The van der Waals surface area contributed by atoms with E-state index in [1.807, 2.05) is 12.1 Å². The maximum Gasteiger partial charge on any atom is 0.243 e. The van der Waals surface area contributed by atoms with Crippen LogP contribution in [0.1, 0.15) is 19.8 Å². The fourth-order valence-corrected chi connectivity index (χ4v) is 2.41. The first-order valence-electron chi connectivity index (χ1n) is 6.99. The average Bonchev–Trinajstić information content (AvgIpc) is 3.05. The van der Waals surface area contributed by atoms with Crippen LogP contribution in [-0.4, -0.2) is 32.2 Å². The van der Waals surface area contributed by atoms with E-state index in [-0.39, 0.29) is 12.5 Å². The zero-order valence-corrected chi connectivity index (χ0v) is 12.4. The highest BCUT2D eigenvalue weighted by Crippen LogP contribution is 2.32. The Morgan fingerprint density at radius 3 is 2.86 bits per heavy atom. The number of rotatable bonds is 5. The van der Waals surface area contributed by atoms with Crippen LogP contribution >= 0.6 is 11.6 Å². The van der Waals surface area contributed by atoms with Gasteiger partial charge in [-0.3, -0.25) is 4.79 Å². The molecule has 6 nitrogen and oxygen atoms in total. The zero-order chi connectivity index (χ0) is 14.8. The van der Waals surface area contributed by atoms with Crippen LogP contribution in [-0.2, 0) is 11.3 Å². The van der Waals surface area contributed by atoms with Gasteiger partial charge < -0.3 is 5.32 Å². The molecule has 1 aromatic carbocycles. The van der Waals surface area contributed by atoms with Crippen LogP contribution in [0.3, 0.4) is 0 Å². The molecular formula is C14H16ClN5O. The third-order valence-electron chi connectivity index (χ3n) is 3.63. The van der Waals surface area contributed by atoms with Crippen molar-refractivity contribution in [1.29, 1.82) is 0 Å². The minimum absolute atomic E-state index is 0.0731. The largest absolute Gasteiger partial charge is 0.351 e. The number of tetrazole rings is 1. The fourth-order valence-electron chi connectivity index (χ4n) is 2.28. The second-order valence-electron chi connectivity index (χ2n) is 5.23. The van der Waals surface area contributed by atoms with E-state index in [1.54, 1.807) is 12.1 Å². The molecule has 0 unspecified atom stereocenters. The van der Waals surface area contributed by atoms with E-state index < -0.39 is 0 Å². The molecule has 0 bridgehead atoms. The molecule has 2 atom stereocenters. The Bertz CT molecular complexity index is 639. The smallest absolute Gasteiger partial charge is 0.243 e. The molecule has 21 heavy (non-hydrogen) atoms. The summed E-state index contributed by atoms with van der Waals surface area (Å²) in [6.07, 6.45) is 2.18. The van der Waals surface area contributed by atoms with Crippen molar-refractivity contribution in [2.75, 3.05) is 0 Å². The first kappa shape index (κ1) is 14.0. The van der Waals surface area contributed by atoms with E-state index in [2.05, 4.69) is 27.7 Å². The highest BCUT2D eigenvalue weighted by atomic mass is 35.5. The summed E-state index contributed by atoms with van der Waals surface area (Å²) in [6.45, 7) is 2.22. The van der Waals surface area contributed by atoms with Crippen LogP contribution in [0, 0.1) is 5.92 Å². The molecule has 1 N–H and O–H groups in total. The molecule has 1 amide bonds. The van der Waals surface area contributed by atoms with E-state index in [4.69, 9.17) is 11.6 Å². The molecule has 3 rings (SSSR count). The van der Waals surface area contributed by atoms with Crippen molar-refractivity contribution in [3.8, 4) is 11.4 Å². The van der Waals surface area contributed by atoms with Crippen molar-refractivity contribution in [2.45, 2.75) is 32.4 Å². The number of amides is 1. The molecule has 1 aliphatic carbocycles. The Morgan fingerprint density at radius 1 is 1.43 bits per heavy atom. The van der Waals surface area contributed by atoms with Gasteiger partial charge in [-0.2, -0.15) is 4.80 Å². The van der Waals surface area contributed by atoms with Gasteiger partial charge in [-0.15, -0.1) is 10.2 Å². The van der Waals surface area contributed by atoms with Crippen molar-refractivity contribution in [3.05, 3.63) is 29.3 Å². The lowest BCUT2D eigenvalue weighted by atomic mass is 10.2. The highest BCUT2D eigenvalue weighted by molar-refractivity contribution is 6.30. The Hall–Kier alpha value is -1.95. The molecule has 2 aromatic rings. The van der Waals surface area contributed by atoms with Crippen LogP contribution in [0.5, 0.6) is 0 Å². The van der Waals surface area contributed by atoms with Gasteiger partial charge in [0.05, 0.1) is 0 Å². The summed E-state index contributed by atoms with van der Waals surface area (Å²) in [5.41, 5.74) is 0.819. The van der Waals surface area contributed by atoms with E-state index in [9.17, 15) is 4.79 Å². The predicted octanol–water partition coefficient (Wildman–Crippen LogP) is 1.91. The Labute approximate surface area is 127 Å². The number of hydrogen-bond donors (Lipinski definition) is 1. The summed E-state index contributed by atoms with van der Waals surface area (Å²) < 4.78 is 0. The van der Waals surface area contributed by atoms with Gasteiger partial charge in [-0.1, -0.05) is 24.9 Å². The third-order valence-corrected chi connectivity index (χ3v) is 3.89. The topological polar surface area (TPSA) is 72.7 Å². The molecule has 7 heteroatoms. The lowest BCUT2D eigenvalue weighted by Crippen LogP contribution is -2.31. The normalized spacial score (nSPS) is 20.3. The number of halogens is 1. The fraction of sp³-hybridized carbons (Fsp3) is 0.429. The van der Waals surface area contributed by atoms with Crippen molar-refractivity contribution in [1.82, 2.24) is 25.5 Å². The van der Waals surface area contributed by atoms with E-state index in [0.29, 0.717) is 22.8 Å². The molecule has 0 radical (unpaired) electrons. The minimum Gasteiger partial charge on any atom is -0.351 e. The number of carbonyl (C=O) groups is 1. The number of hydrogen-bond acceptors (Lipinski definition) is 4. The molecular weight excluding hydrogens is 290 g/mol. The second kappa shape index (κ2) is 5.81. The molecule has 110 valence electrons. The summed E-state index contributed by atoms with van der Waals surface area (Å²) in [5.74, 6) is 1.04. The van der Waals surface area contributed by atoms with Gasteiger partial charge in [0.25, 0.3) is 0 Å². The average molecular weight is 306 g/mol. The quantitative estimate of drug-likeness (QED) is 0.916. The van der Waals surface area contributed by atoms with E-state index >= 15 is 0 Å². The van der Waals surface area contributed by atoms with Crippen LogP contribution in [0.2, 0.25) is 5.02 Å². The number of nitrogens with zero attached hydrogens (tertiary/aromatic N) is 4. The molecule has 1 saturated carbocycles. The number of benzene rings is 1. The van der Waals surface area contributed by atoms with Gasteiger partial charge in [0.15, 0.2) is 0 Å². The highest BCUT2D eigenvalue weighted by Gasteiger charge is 2.36. The van der Waals surface area contributed by atoms with E-state index in [1.165, 1.54) is 4.80 Å². The van der Waals surface area contributed by atoms with Gasteiger partial charge in [-0.25, -0.2) is 0 Å². The predicted molar refractivity (Wildman–Crippen MR) is 78.6 cm³/mol. The number of carbonyl (C=O) groups excluding carboxylic acids is 1. The maximum absolute atomic E-state index is 11.9. The van der Waals surface area contributed by atoms with Crippen LogP contribution in [0.4, 0.5) is 0 Å². The molecule has 1 aromatic heterocycles. The zero-order valence-electron chi connectivity index (χ0n) is 11.7. The molecule has 0 saturated heterocycles. The van der Waals surface area contributed by atoms with Crippen molar-refractivity contribution >= 4 is 17.5 Å². The van der Waals surface area contributed by atoms with Gasteiger partial charge in [0.2, 0.25) is 11.7 Å². The molecule has 0 aliphatic heterocycles. The lowest BCUT2D eigenvalue weighted by molar-refractivity contribution is -0.122. The molecule has 0 spiro atoms. The van der Waals surface area contributed by atoms with Gasteiger partial charge in [-0.05, 0) is 41.8 Å². The standard InChI is InChI=1S/C14H16ClN5O/c1-2-9-7-12(9)16-13(21)8-20-18-14(17-19-20)10-3-5-11(15)6-4-10/h3-6,9,12H,2,7-8H2,1H3,(H,16,21)/t9-,12-/m1/s1. The number of aromatic nitrogens is 4. The monoisotopic (exact) mass is 305 g/mol. The first-order valence-corrected chi connectivity index (χ1v) is 7.36. The SMILES string of the molecule is CC[C@@H]1C[C@H]1NC(=O)Cn1nnc(-c2ccc(Cl)cc2)n1. The first-order chi connectivity index (χ1) is 10.2. The van der Waals surface area contributed by atoms with E-state index in [0.717, 1.165) is 18.4 Å². The molecule has 1 aliphatic rings. The minimum atomic E-state index is -0.0731. The summed E-state index contributed by atoms with van der Waals surface area (Å²) in [7, 11) is 0. The van der Waals surface area contributed by atoms with Crippen LogP contribution in [0.15, 0.2) is 24.3 Å². The Balaban J connectivity index is 1.60. The van der Waals surface area contributed by atoms with Crippen molar-refractivity contribution < 1.29 is 4.79 Å². The maximum atomic E-state index is 11.9.